The molecule has 1 aromatic carbocycles. The molecule has 0 radical (unpaired) electrons. The SMILES string of the molecule is CNC1=C(c2cccc(SC(F)F)c2)C(=O)C(C)O1. The van der Waals surface area contributed by atoms with Gasteiger partial charge in [-0.1, -0.05) is 23.9 Å². The molecule has 6 heteroatoms. The van der Waals surface area contributed by atoms with Gasteiger partial charge in [0.25, 0.3) is 5.76 Å². The van der Waals surface area contributed by atoms with Crippen LogP contribution in [0.3, 0.4) is 0 Å². The summed E-state index contributed by atoms with van der Waals surface area (Å²) in [5.74, 6) is -2.25. The van der Waals surface area contributed by atoms with Crippen molar-refractivity contribution >= 4 is 23.1 Å². The molecule has 1 aromatic rings. The zero-order chi connectivity index (χ0) is 14.0. The standard InChI is InChI=1S/C13H13F2NO2S/c1-7-11(17)10(12(16-2)18-7)8-4-3-5-9(6-8)19-13(14)15/h3-7,13,16H,1-2H3. The van der Waals surface area contributed by atoms with Crippen LogP contribution in [0, 0.1) is 0 Å². The van der Waals surface area contributed by atoms with Crippen LogP contribution in [0.1, 0.15) is 12.5 Å². The number of hydrogen-bond donors (Lipinski definition) is 1. The van der Waals surface area contributed by atoms with E-state index >= 15 is 0 Å². The van der Waals surface area contributed by atoms with Crippen LogP contribution in [0.2, 0.25) is 0 Å². The van der Waals surface area contributed by atoms with Crippen molar-refractivity contribution in [1.82, 2.24) is 5.32 Å². The van der Waals surface area contributed by atoms with Crippen LogP contribution in [0.4, 0.5) is 8.78 Å². The average molecular weight is 285 g/mol. The van der Waals surface area contributed by atoms with E-state index in [2.05, 4.69) is 5.32 Å². The largest absolute Gasteiger partial charge is 0.467 e. The fraction of sp³-hybridized carbons (Fsp3) is 0.308. The van der Waals surface area contributed by atoms with E-state index in [9.17, 15) is 13.6 Å². The van der Waals surface area contributed by atoms with Gasteiger partial charge in [0.2, 0.25) is 5.78 Å². The Bertz CT molecular complexity index is 531. The molecule has 0 spiro atoms. The van der Waals surface area contributed by atoms with E-state index in [0.29, 0.717) is 33.7 Å². The predicted molar refractivity (Wildman–Crippen MR) is 69.8 cm³/mol. The molecule has 1 aliphatic heterocycles. The third-order valence-electron chi connectivity index (χ3n) is 2.71. The molecule has 0 amide bonds. The van der Waals surface area contributed by atoms with Gasteiger partial charge >= 0.3 is 0 Å². The smallest absolute Gasteiger partial charge is 0.288 e. The highest BCUT2D eigenvalue weighted by Crippen LogP contribution is 2.32. The van der Waals surface area contributed by atoms with Gasteiger partial charge in [0.1, 0.15) is 0 Å². The lowest BCUT2D eigenvalue weighted by molar-refractivity contribution is -0.119. The lowest BCUT2D eigenvalue weighted by Gasteiger charge is -2.06. The number of ether oxygens (including phenoxy) is 1. The maximum absolute atomic E-state index is 12.4. The van der Waals surface area contributed by atoms with Gasteiger partial charge in [-0.2, -0.15) is 8.78 Å². The van der Waals surface area contributed by atoms with E-state index in [-0.39, 0.29) is 5.78 Å². The van der Waals surface area contributed by atoms with Gasteiger partial charge in [-0.25, -0.2) is 0 Å². The van der Waals surface area contributed by atoms with Crippen LogP contribution in [0.15, 0.2) is 35.0 Å². The number of Topliss-reactive ketones (excluding diaryl/α,β-unsaturated/α-hetero) is 1. The number of ketones is 1. The number of hydrogen-bond acceptors (Lipinski definition) is 4. The minimum absolute atomic E-state index is 0.149. The summed E-state index contributed by atoms with van der Waals surface area (Å²) in [6.45, 7) is 1.66. The Morgan fingerprint density at radius 3 is 2.79 bits per heavy atom. The molecule has 0 bridgehead atoms. The summed E-state index contributed by atoms with van der Waals surface area (Å²) in [5, 5.41) is 2.82. The van der Waals surface area contributed by atoms with Crippen LogP contribution >= 0.6 is 11.8 Å². The molecule has 1 N–H and O–H groups in total. The monoisotopic (exact) mass is 285 g/mol. The molecular weight excluding hydrogens is 272 g/mol. The molecule has 0 saturated heterocycles. The fourth-order valence-electron chi connectivity index (χ4n) is 1.89. The Morgan fingerprint density at radius 2 is 2.16 bits per heavy atom. The van der Waals surface area contributed by atoms with Crippen molar-refractivity contribution in [3.63, 3.8) is 0 Å². The van der Waals surface area contributed by atoms with Crippen molar-refractivity contribution in [2.45, 2.75) is 23.7 Å². The third kappa shape index (κ3) is 2.89. The Morgan fingerprint density at radius 1 is 1.42 bits per heavy atom. The molecule has 102 valence electrons. The highest BCUT2D eigenvalue weighted by atomic mass is 32.2. The van der Waals surface area contributed by atoms with Gasteiger partial charge in [0.05, 0.1) is 5.57 Å². The molecule has 1 unspecified atom stereocenters. The summed E-state index contributed by atoms with van der Waals surface area (Å²) in [7, 11) is 1.65. The Hall–Kier alpha value is -1.56. The van der Waals surface area contributed by atoms with Crippen LogP contribution in [-0.2, 0) is 9.53 Å². The van der Waals surface area contributed by atoms with Crippen LogP contribution in [0.5, 0.6) is 0 Å². The summed E-state index contributed by atoms with van der Waals surface area (Å²) >= 11 is 0.454. The normalized spacial score (nSPS) is 19.0. The minimum Gasteiger partial charge on any atom is -0.467 e. The first-order chi connectivity index (χ1) is 9.02. The first-order valence-corrected chi connectivity index (χ1v) is 6.59. The summed E-state index contributed by atoms with van der Waals surface area (Å²) < 4.78 is 30.1. The van der Waals surface area contributed by atoms with Crippen molar-refractivity contribution in [3.8, 4) is 0 Å². The van der Waals surface area contributed by atoms with Crippen molar-refractivity contribution in [2.24, 2.45) is 0 Å². The zero-order valence-electron chi connectivity index (χ0n) is 10.4. The second-order valence-corrected chi connectivity index (χ2v) is 5.05. The van der Waals surface area contributed by atoms with Crippen LogP contribution in [0.25, 0.3) is 5.57 Å². The molecule has 1 heterocycles. The van der Waals surface area contributed by atoms with E-state index in [0.717, 1.165) is 0 Å². The van der Waals surface area contributed by atoms with Crippen LogP contribution in [-0.4, -0.2) is 24.7 Å². The maximum Gasteiger partial charge on any atom is 0.288 e. The molecular formula is C13H13F2NO2S. The van der Waals surface area contributed by atoms with Gasteiger partial charge in [-0.15, -0.1) is 0 Å². The number of carbonyl (C=O) groups excluding carboxylic acids is 1. The first kappa shape index (κ1) is 13.9. The molecule has 0 aromatic heterocycles. The molecule has 0 saturated carbocycles. The lowest BCUT2D eigenvalue weighted by Crippen LogP contribution is -2.13. The molecule has 1 aliphatic rings. The average Bonchev–Trinajstić information content (AvgIpc) is 2.65. The minimum atomic E-state index is -2.48. The first-order valence-electron chi connectivity index (χ1n) is 5.71. The number of halogens is 2. The van der Waals surface area contributed by atoms with Crippen molar-refractivity contribution in [2.75, 3.05) is 7.05 Å². The summed E-state index contributed by atoms with van der Waals surface area (Å²) in [5.41, 5.74) is 0.996. The number of alkyl halides is 2. The second-order valence-electron chi connectivity index (χ2n) is 3.98. The highest BCUT2D eigenvalue weighted by molar-refractivity contribution is 7.99. The fourth-order valence-corrected chi connectivity index (χ4v) is 2.45. The zero-order valence-corrected chi connectivity index (χ0v) is 11.3. The summed E-state index contributed by atoms with van der Waals surface area (Å²) in [4.78, 5) is 12.4. The quantitative estimate of drug-likeness (QED) is 0.863. The van der Waals surface area contributed by atoms with Crippen molar-refractivity contribution < 1.29 is 18.3 Å². The Kier molecular flexibility index (Phi) is 4.09. The number of rotatable bonds is 4. The van der Waals surface area contributed by atoms with E-state index < -0.39 is 11.9 Å². The Balaban J connectivity index is 2.38. The maximum atomic E-state index is 12.4. The Labute approximate surface area is 114 Å². The van der Waals surface area contributed by atoms with Gasteiger partial charge < -0.3 is 10.1 Å². The van der Waals surface area contributed by atoms with E-state index in [4.69, 9.17) is 4.74 Å². The number of thioether (sulfide) groups is 1. The second kappa shape index (κ2) is 5.61. The molecule has 3 nitrogen and oxygen atoms in total. The van der Waals surface area contributed by atoms with E-state index in [1.54, 1.807) is 38.2 Å². The molecule has 1 atom stereocenters. The number of carbonyl (C=O) groups is 1. The topological polar surface area (TPSA) is 38.3 Å². The number of nitrogens with one attached hydrogen (secondary N) is 1. The summed E-state index contributed by atoms with van der Waals surface area (Å²) in [6, 6.07) is 6.52. The molecule has 0 aliphatic carbocycles. The summed E-state index contributed by atoms with van der Waals surface area (Å²) in [6.07, 6.45) is -0.552. The van der Waals surface area contributed by atoms with E-state index in [1.807, 2.05) is 0 Å². The third-order valence-corrected chi connectivity index (χ3v) is 3.42. The van der Waals surface area contributed by atoms with Gasteiger partial charge in [-0.3, -0.25) is 4.79 Å². The van der Waals surface area contributed by atoms with E-state index in [1.165, 1.54) is 0 Å². The molecule has 0 fully saturated rings. The predicted octanol–water partition coefficient (Wildman–Crippen LogP) is 2.88. The van der Waals surface area contributed by atoms with Gasteiger partial charge in [0, 0.05) is 11.9 Å². The lowest BCUT2D eigenvalue weighted by atomic mass is 10.0. The van der Waals surface area contributed by atoms with Crippen molar-refractivity contribution in [3.05, 3.63) is 35.7 Å². The van der Waals surface area contributed by atoms with Gasteiger partial charge in [0.15, 0.2) is 12.0 Å². The highest BCUT2D eigenvalue weighted by Gasteiger charge is 2.32. The van der Waals surface area contributed by atoms with Crippen LogP contribution < -0.4 is 5.32 Å². The molecule has 19 heavy (non-hydrogen) atoms. The molecule has 2 rings (SSSR count). The van der Waals surface area contributed by atoms with Crippen molar-refractivity contribution in [1.29, 1.82) is 0 Å². The van der Waals surface area contributed by atoms with Gasteiger partial charge in [-0.05, 0) is 24.6 Å². The number of benzene rings is 1.